The molecular weight excluding hydrogens is 375 g/mol. The lowest BCUT2D eigenvalue weighted by atomic mass is 10.2. The van der Waals surface area contributed by atoms with Gasteiger partial charge in [0.25, 0.3) is 11.5 Å². The highest BCUT2D eigenvalue weighted by Crippen LogP contribution is 2.07. The van der Waals surface area contributed by atoms with Gasteiger partial charge < -0.3 is 5.32 Å². The Hall–Kier alpha value is -3.55. The Morgan fingerprint density at radius 2 is 1.83 bits per heavy atom. The first-order valence-corrected chi connectivity index (χ1v) is 9.13. The third-order valence-corrected chi connectivity index (χ3v) is 4.20. The molecule has 0 bridgehead atoms. The van der Waals surface area contributed by atoms with Gasteiger partial charge in [-0.1, -0.05) is 29.8 Å². The zero-order valence-corrected chi connectivity index (χ0v) is 16.3. The predicted molar refractivity (Wildman–Crippen MR) is 107 cm³/mol. The summed E-state index contributed by atoms with van der Waals surface area (Å²) >= 11 is 0. The van der Waals surface area contributed by atoms with Crippen molar-refractivity contribution in [1.29, 1.82) is 0 Å². The molecule has 0 aliphatic rings. The van der Waals surface area contributed by atoms with Gasteiger partial charge in [0.05, 0.1) is 12.2 Å². The van der Waals surface area contributed by atoms with E-state index in [0.29, 0.717) is 11.3 Å². The van der Waals surface area contributed by atoms with E-state index < -0.39 is 28.7 Å². The van der Waals surface area contributed by atoms with Crippen molar-refractivity contribution in [2.75, 3.05) is 0 Å². The number of aryl methyl sites for hydroxylation is 1. The summed E-state index contributed by atoms with van der Waals surface area (Å²) in [5.74, 6) is -1.17. The van der Waals surface area contributed by atoms with E-state index in [0.717, 1.165) is 14.8 Å². The fraction of sp³-hybridized carbons (Fsp3) is 0.238. The number of amides is 1. The number of aromatic nitrogens is 3. The van der Waals surface area contributed by atoms with Crippen LogP contribution in [0.5, 0.6) is 0 Å². The van der Waals surface area contributed by atoms with Crippen LogP contribution in [0.1, 0.15) is 35.5 Å². The van der Waals surface area contributed by atoms with Gasteiger partial charge in [0.1, 0.15) is 5.82 Å². The Bertz CT molecular complexity index is 1160. The quantitative estimate of drug-likeness (QED) is 0.715. The number of benzene rings is 2. The highest BCUT2D eigenvalue weighted by molar-refractivity contribution is 5.91. The van der Waals surface area contributed by atoms with E-state index in [1.54, 1.807) is 44.2 Å². The van der Waals surface area contributed by atoms with E-state index in [2.05, 4.69) is 10.4 Å². The minimum Gasteiger partial charge on any atom is -0.348 e. The van der Waals surface area contributed by atoms with E-state index in [4.69, 9.17) is 0 Å². The van der Waals surface area contributed by atoms with Gasteiger partial charge >= 0.3 is 5.69 Å². The van der Waals surface area contributed by atoms with Gasteiger partial charge in [-0.15, -0.1) is 0 Å². The molecule has 1 N–H and O–H groups in total. The first-order valence-electron chi connectivity index (χ1n) is 9.13. The van der Waals surface area contributed by atoms with Crippen molar-refractivity contribution >= 4 is 5.91 Å². The van der Waals surface area contributed by atoms with E-state index in [-0.39, 0.29) is 12.6 Å². The molecule has 3 aromatic rings. The minimum atomic E-state index is -0.833. The second kappa shape index (κ2) is 8.22. The van der Waals surface area contributed by atoms with E-state index in [1.807, 2.05) is 6.92 Å². The topological polar surface area (TPSA) is 86.0 Å². The lowest BCUT2D eigenvalue weighted by Crippen LogP contribution is -2.46. The monoisotopic (exact) mass is 396 g/mol. The number of halogens is 1. The van der Waals surface area contributed by atoms with Crippen LogP contribution in [0.25, 0.3) is 5.69 Å². The standard InChI is InChI=1S/C21H21FN4O3/c1-13(2)23-19(27)18-20(28)25(12-15-5-4-6-16(22)11-15)21(29)26(24-18)17-9-7-14(3)8-10-17/h4-11,13H,12H2,1-3H3,(H,23,27). The number of nitrogens with zero attached hydrogens (tertiary/aromatic N) is 3. The van der Waals surface area contributed by atoms with Crippen molar-refractivity contribution in [1.82, 2.24) is 19.7 Å². The summed E-state index contributed by atoms with van der Waals surface area (Å²) in [5.41, 5.74) is -0.152. The molecule has 150 valence electrons. The summed E-state index contributed by atoms with van der Waals surface area (Å²) in [5, 5.41) is 6.65. The van der Waals surface area contributed by atoms with Gasteiger partial charge in [-0.05, 0) is 50.6 Å². The van der Waals surface area contributed by atoms with Crippen LogP contribution in [0.2, 0.25) is 0 Å². The third kappa shape index (κ3) is 4.48. The van der Waals surface area contributed by atoms with Gasteiger partial charge in [-0.2, -0.15) is 9.78 Å². The Morgan fingerprint density at radius 3 is 2.45 bits per heavy atom. The number of carbonyl (C=O) groups excluding carboxylic acids is 1. The Kier molecular flexibility index (Phi) is 5.72. The molecule has 0 aliphatic heterocycles. The van der Waals surface area contributed by atoms with E-state index in [9.17, 15) is 18.8 Å². The summed E-state index contributed by atoms with van der Waals surface area (Å²) in [4.78, 5) is 38.4. The van der Waals surface area contributed by atoms with Crippen molar-refractivity contribution in [3.8, 4) is 5.69 Å². The molecule has 0 atom stereocenters. The van der Waals surface area contributed by atoms with Crippen LogP contribution in [0.3, 0.4) is 0 Å². The summed E-state index contributed by atoms with van der Waals surface area (Å²) in [6.45, 7) is 5.20. The third-order valence-electron chi connectivity index (χ3n) is 4.20. The Balaban J connectivity index is 2.21. The second-order valence-electron chi connectivity index (χ2n) is 7.03. The Morgan fingerprint density at radius 1 is 1.14 bits per heavy atom. The molecule has 0 unspecified atom stereocenters. The van der Waals surface area contributed by atoms with Crippen molar-refractivity contribution in [3.63, 3.8) is 0 Å². The summed E-state index contributed by atoms with van der Waals surface area (Å²) < 4.78 is 15.5. The molecular formula is C21H21FN4O3. The molecule has 0 saturated heterocycles. The van der Waals surface area contributed by atoms with Crippen molar-refractivity contribution in [3.05, 3.63) is 92.0 Å². The summed E-state index contributed by atoms with van der Waals surface area (Å²) in [6.07, 6.45) is 0. The van der Waals surface area contributed by atoms with Crippen molar-refractivity contribution in [2.24, 2.45) is 0 Å². The Labute approximate surface area is 166 Å². The molecule has 0 saturated carbocycles. The largest absolute Gasteiger partial charge is 0.352 e. The number of hydrogen-bond donors (Lipinski definition) is 1. The van der Waals surface area contributed by atoms with Crippen LogP contribution in [0.4, 0.5) is 4.39 Å². The fourth-order valence-corrected chi connectivity index (χ4v) is 2.80. The average Bonchev–Trinajstić information content (AvgIpc) is 2.65. The van der Waals surface area contributed by atoms with Crippen LogP contribution in [0.15, 0.2) is 58.1 Å². The number of carbonyl (C=O) groups is 1. The second-order valence-corrected chi connectivity index (χ2v) is 7.03. The van der Waals surface area contributed by atoms with Gasteiger partial charge in [-0.25, -0.2) is 9.18 Å². The van der Waals surface area contributed by atoms with Crippen molar-refractivity contribution < 1.29 is 9.18 Å². The van der Waals surface area contributed by atoms with Gasteiger partial charge in [0.15, 0.2) is 0 Å². The lowest BCUT2D eigenvalue weighted by molar-refractivity contribution is 0.0933. The molecule has 7 nitrogen and oxygen atoms in total. The van der Waals surface area contributed by atoms with Crippen LogP contribution in [-0.4, -0.2) is 26.3 Å². The molecule has 29 heavy (non-hydrogen) atoms. The maximum absolute atomic E-state index is 13.6. The molecule has 0 aliphatic carbocycles. The van der Waals surface area contributed by atoms with Gasteiger partial charge in [-0.3, -0.25) is 14.2 Å². The van der Waals surface area contributed by atoms with Crippen LogP contribution in [0, 0.1) is 12.7 Å². The molecule has 8 heteroatoms. The molecule has 0 fully saturated rings. The van der Waals surface area contributed by atoms with Crippen LogP contribution >= 0.6 is 0 Å². The van der Waals surface area contributed by atoms with Gasteiger partial charge in [0, 0.05) is 6.04 Å². The first kappa shape index (κ1) is 20.2. The maximum Gasteiger partial charge on any atom is 0.352 e. The number of rotatable bonds is 5. The average molecular weight is 396 g/mol. The molecule has 1 heterocycles. The molecule has 1 aromatic heterocycles. The van der Waals surface area contributed by atoms with Crippen LogP contribution in [-0.2, 0) is 6.54 Å². The molecule has 3 rings (SSSR count). The zero-order chi connectivity index (χ0) is 21.1. The van der Waals surface area contributed by atoms with Crippen molar-refractivity contribution in [2.45, 2.75) is 33.4 Å². The van der Waals surface area contributed by atoms with Gasteiger partial charge in [0.2, 0.25) is 5.69 Å². The summed E-state index contributed by atoms with van der Waals surface area (Å²) in [6, 6.07) is 12.3. The normalized spacial score (nSPS) is 10.9. The first-order chi connectivity index (χ1) is 13.8. The zero-order valence-electron chi connectivity index (χ0n) is 16.3. The number of hydrogen-bond acceptors (Lipinski definition) is 4. The fourth-order valence-electron chi connectivity index (χ4n) is 2.80. The predicted octanol–water partition coefficient (Wildman–Crippen LogP) is 2.03. The smallest absolute Gasteiger partial charge is 0.348 e. The van der Waals surface area contributed by atoms with E-state index >= 15 is 0 Å². The highest BCUT2D eigenvalue weighted by atomic mass is 19.1. The lowest BCUT2D eigenvalue weighted by Gasteiger charge is -2.13. The molecule has 0 radical (unpaired) electrons. The molecule has 0 spiro atoms. The summed E-state index contributed by atoms with van der Waals surface area (Å²) in [7, 11) is 0. The highest BCUT2D eigenvalue weighted by Gasteiger charge is 2.21. The van der Waals surface area contributed by atoms with Crippen LogP contribution < -0.4 is 16.6 Å². The SMILES string of the molecule is Cc1ccc(-n2nc(C(=O)NC(C)C)c(=O)n(Cc3cccc(F)c3)c2=O)cc1. The number of nitrogens with one attached hydrogen (secondary N) is 1. The molecule has 2 aromatic carbocycles. The maximum atomic E-state index is 13.6. The molecule has 1 amide bonds. The minimum absolute atomic E-state index is 0.189. The van der Waals surface area contributed by atoms with E-state index in [1.165, 1.54) is 18.2 Å².